The van der Waals surface area contributed by atoms with Gasteiger partial charge < -0.3 is 28.4 Å². The highest BCUT2D eigenvalue weighted by Crippen LogP contribution is 2.72. The van der Waals surface area contributed by atoms with E-state index in [0.717, 1.165) is 184 Å². The Morgan fingerprint density at radius 2 is 0.369 bits per heavy atom. The predicted molar refractivity (Wildman–Crippen MR) is 604 cm³/mol. The Morgan fingerprint density at radius 3 is 0.567 bits per heavy atom. The summed E-state index contributed by atoms with van der Waals surface area (Å²) < 4.78 is 37.4. The van der Waals surface area contributed by atoms with Gasteiger partial charge in [-0.05, 0) is 498 Å². The number of carbonyl (C=O) groups is 6. The first-order valence-corrected chi connectivity index (χ1v) is 55.8. The van der Waals surface area contributed by atoms with Crippen LogP contribution in [0.5, 0.6) is 0 Å². The van der Waals surface area contributed by atoms with Crippen LogP contribution in [0.4, 0.5) is 0 Å². The van der Waals surface area contributed by atoms with E-state index in [1.54, 1.807) is 0 Å². The summed E-state index contributed by atoms with van der Waals surface area (Å²) >= 11 is 0. The van der Waals surface area contributed by atoms with Crippen molar-refractivity contribution in [2.45, 2.75) is 618 Å². The zero-order chi connectivity index (χ0) is 94.3. The molecule has 0 heterocycles. The highest BCUT2D eigenvalue weighted by atomic mass is 16.6. The number of rotatable bonds is 30. The minimum atomic E-state index is -0.363. The summed E-state index contributed by atoms with van der Waals surface area (Å²) in [5.74, 6) is 16.4. The molecule has 12 nitrogen and oxygen atoms in total. The lowest BCUT2D eigenvalue weighted by Crippen LogP contribution is -2.60. The van der Waals surface area contributed by atoms with Crippen LogP contribution in [0.1, 0.15) is 584 Å². The third-order valence-electron chi connectivity index (χ3n) is 43.9. The van der Waals surface area contributed by atoms with Gasteiger partial charge in [0.1, 0.15) is 33.6 Å². The molecule has 24 saturated carbocycles. The normalized spacial score (nSPS) is 35.8. The summed E-state index contributed by atoms with van der Waals surface area (Å²) in [4.78, 5) is 75.5. The van der Waals surface area contributed by atoms with E-state index in [-0.39, 0.29) is 225 Å². The Bertz CT molecular complexity index is 3620. The molecule has 5 unspecified atom stereocenters. The SMILES string of the molecule is C.C.C.C.C.C.C.C.C.C.C.C.CCC(C)(C)C(=O)OC(C)(C)C12CC3CC(CC(C3)C1)C2.CCC(C)(C)C(=O)OC(C)(CC)C12CC3CC(CC(C3)C1)C2.CCC(C)(C)C(=O)OC(CC)(CC)C12CC3CC(CC(C3)C1)C2.CCC(C)C(=O)OC(C)(C)C12CC3CC(CC(C3)C1)C2.CCC(C)C(=O)OC(C)(CC)C12CC3CC(CC(C3)C1)C2.CCC(C)C(=O)OC(CC)(CC)C12CC3CC(CC(C3)C1)C2. The number of esters is 6. The van der Waals surface area contributed by atoms with Gasteiger partial charge in [0.25, 0.3) is 0 Å². The van der Waals surface area contributed by atoms with Gasteiger partial charge in [-0.2, -0.15) is 0 Å². The molecular formula is C129H246O12. The molecule has 5 atom stereocenters. The van der Waals surface area contributed by atoms with Gasteiger partial charge in [-0.15, -0.1) is 0 Å². The van der Waals surface area contributed by atoms with Gasteiger partial charge in [-0.25, -0.2) is 0 Å². The summed E-state index contributed by atoms with van der Waals surface area (Å²) in [7, 11) is 0. The van der Waals surface area contributed by atoms with Crippen LogP contribution in [-0.2, 0) is 57.2 Å². The number of hydrogen-bond acceptors (Lipinski definition) is 12. The van der Waals surface area contributed by atoms with Crippen molar-refractivity contribution in [1.82, 2.24) is 0 Å². The van der Waals surface area contributed by atoms with E-state index < -0.39 is 0 Å². The quantitative estimate of drug-likeness (QED) is 0.0496. The summed E-state index contributed by atoms with van der Waals surface area (Å²) in [6.07, 6.45) is 60.3. The molecule has 834 valence electrons. The van der Waals surface area contributed by atoms with Gasteiger partial charge in [-0.1, -0.05) is 193 Å². The van der Waals surface area contributed by atoms with E-state index in [2.05, 4.69) is 125 Å². The molecule has 24 aliphatic carbocycles. The van der Waals surface area contributed by atoms with Crippen LogP contribution in [0.3, 0.4) is 0 Å². The average molecular weight is 1990 g/mol. The molecule has 0 aromatic rings. The maximum Gasteiger partial charge on any atom is 0.312 e. The summed E-state index contributed by atoms with van der Waals surface area (Å²) in [5.41, 5.74) is -1.03. The molecule has 24 aliphatic rings. The van der Waals surface area contributed by atoms with E-state index in [4.69, 9.17) is 28.4 Å². The highest BCUT2D eigenvalue weighted by Gasteiger charge is 2.68. The molecule has 24 bridgehead atoms. The summed E-state index contributed by atoms with van der Waals surface area (Å²) in [6, 6.07) is 0. The van der Waals surface area contributed by atoms with Crippen molar-refractivity contribution in [3.05, 3.63) is 0 Å². The lowest BCUT2D eigenvalue weighted by atomic mass is 9.44. The second kappa shape index (κ2) is 51.3. The van der Waals surface area contributed by atoms with Crippen LogP contribution >= 0.6 is 0 Å². The molecule has 141 heavy (non-hydrogen) atoms. The smallest absolute Gasteiger partial charge is 0.312 e. The molecular weight excluding hydrogens is 1740 g/mol. The highest BCUT2D eigenvalue weighted by molar-refractivity contribution is 5.78. The standard InChI is InChI=1S/C21H36O2.2C20H34O2.2C19H32O2.C18H30O2.12CH4/c1-6-19(4,5)18(22)23-21(7-2,8-3)20-12-15-9-16(13-20)11-17(10-15)14-20;1-6-18(3,4)17(21)22-19(5,7-2)20-11-14-8-15(12-20)10-16(9-14)13-20;1-5-14(4)18(21)22-20(6-2,7-3)19-11-15-8-16(12-19)10-17(9-15)13-19;1-6-17(2,3)16(20)21-18(4,5)19-10-13-7-14(11-19)9-15(8-13)12-19;1-5-13(3)17(20)21-18(4,6-2)19-10-14-7-15(11-19)9-16(8-14)12-19;1-5-12(2)16(19)20-17(3,4)18-9-13-6-14(10-18)8-15(7-13)11-18;;;;;;;;;;;;/h15-17H,6-14H2,1-5H3;14-16H,6-13H2,1-5H3;14-17H,5-13H2,1-4H3;13-15H,6-12H2,1-5H3;13-16H,5-12H2,1-4H3;12-15H,5-11H2,1-4H3;12*1H4. The van der Waals surface area contributed by atoms with Gasteiger partial charge in [0, 0.05) is 32.5 Å². The van der Waals surface area contributed by atoms with Gasteiger partial charge in [0.2, 0.25) is 0 Å². The third kappa shape index (κ3) is 26.6. The fourth-order valence-electron chi connectivity index (χ4n) is 35.3. The van der Waals surface area contributed by atoms with Crippen molar-refractivity contribution in [2.75, 3.05) is 0 Å². The van der Waals surface area contributed by atoms with Crippen molar-refractivity contribution >= 4 is 35.8 Å². The molecule has 24 fully saturated rings. The monoisotopic (exact) mass is 1990 g/mol. The topological polar surface area (TPSA) is 158 Å². The molecule has 0 aromatic carbocycles. The van der Waals surface area contributed by atoms with Gasteiger partial charge in [0.05, 0.1) is 34.0 Å². The Hall–Kier alpha value is -3.18. The first kappa shape index (κ1) is 136. The Morgan fingerprint density at radius 1 is 0.206 bits per heavy atom. The minimum Gasteiger partial charge on any atom is -0.459 e. The van der Waals surface area contributed by atoms with Crippen LogP contribution in [0, 0.1) is 173 Å². The van der Waals surface area contributed by atoms with Crippen LogP contribution in [-0.4, -0.2) is 69.4 Å². The maximum atomic E-state index is 12.9. The van der Waals surface area contributed by atoms with Gasteiger partial charge >= 0.3 is 35.8 Å². The van der Waals surface area contributed by atoms with Crippen molar-refractivity contribution in [2.24, 2.45) is 173 Å². The molecule has 0 radical (unpaired) electrons. The second-order valence-corrected chi connectivity index (χ2v) is 53.9. The number of carbonyl (C=O) groups excluding carboxylic acids is 6. The maximum absolute atomic E-state index is 12.9. The van der Waals surface area contributed by atoms with Crippen molar-refractivity contribution in [3.8, 4) is 0 Å². The molecule has 0 saturated heterocycles. The molecule has 0 amide bonds. The van der Waals surface area contributed by atoms with E-state index in [1.165, 1.54) is 231 Å². The molecule has 0 N–H and O–H groups in total. The average Bonchev–Trinajstić information content (AvgIpc) is 0.704. The second-order valence-electron chi connectivity index (χ2n) is 53.9. The Kier molecular flexibility index (Phi) is 49.4. The third-order valence-corrected chi connectivity index (χ3v) is 43.9. The van der Waals surface area contributed by atoms with Crippen molar-refractivity contribution in [3.63, 3.8) is 0 Å². The summed E-state index contributed by atoms with van der Waals surface area (Å²) in [6.45, 7) is 57.2. The summed E-state index contributed by atoms with van der Waals surface area (Å²) in [5, 5.41) is 0. The van der Waals surface area contributed by atoms with Crippen LogP contribution in [0.2, 0.25) is 0 Å². The molecule has 0 spiro atoms. The van der Waals surface area contributed by atoms with E-state index in [0.29, 0.717) is 0 Å². The first-order valence-electron chi connectivity index (χ1n) is 55.8. The fraction of sp³-hybridized carbons (Fsp3) is 0.953. The zero-order valence-electron chi connectivity index (χ0n) is 88.5. The Balaban J connectivity index is 0.000000832. The lowest BCUT2D eigenvalue weighted by Gasteiger charge is -2.63. The molecule has 0 aromatic heterocycles. The lowest BCUT2D eigenvalue weighted by molar-refractivity contribution is -0.219. The van der Waals surface area contributed by atoms with E-state index in [1.807, 2.05) is 62.3 Å². The van der Waals surface area contributed by atoms with Crippen LogP contribution in [0.25, 0.3) is 0 Å². The largest absolute Gasteiger partial charge is 0.459 e. The molecule has 24 rings (SSSR count). The van der Waals surface area contributed by atoms with Crippen molar-refractivity contribution < 1.29 is 57.2 Å². The first-order chi connectivity index (χ1) is 60.4. The minimum absolute atomic E-state index is 0. The zero-order valence-corrected chi connectivity index (χ0v) is 88.5. The van der Waals surface area contributed by atoms with Crippen molar-refractivity contribution in [1.29, 1.82) is 0 Å². The molecule has 0 aliphatic heterocycles. The number of ether oxygens (including phenoxy) is 6. The van der Waals surface area contributed by atoms with Gasteiger partial charge in [-0.3, -0.25) is 28.8 Å². The van der Waals surface area contributed by atoms with Gasteiger partial charge in [0.15, 0.2) is 0 Å². The van der Waals surface area contributed by atoms with Crippen LogP contribution in [0.15, 0.2) is 0 Å². The fourth-order valence-corrected chi connectivity index (χ4v) is 35.3. The van der Waals surface area contributed by atoms with E-state index >= 15 is 0 Å². The number of hydrogen-bond donors (Lipinski definition) is 0. The van der Waals surface area contributed by atoms with Crippen LogP contribution < -0.4 is 0 Å². The predicted octanol–water partition coefficient (Wildman–Crippen LogP) is 38.6. The Labute approximate surface area is 878 Å². The van der Waals surface area contributed by atoms with E-state index in [9.17, 15) is 28.8 Å². The molecule has 12 heteroatoms.